The molecule has 0 saturated carbocycles. The Labute approximate surface area is 179 Å². The number of aryl methyl sites for hydroxylation is 2. The second-order valence-corrected chi connectivity index (χ2v) is 9.01. The van der Waals surface area contributed by atoms with E-state index in [1.54, 1.807) is 14.2 Å². The highest BCUT2D eigenvalue weighted by molar-refractivity contribution is 7.16. The minimum Gasteiger partial charge on any atom is -0.493 e. The largest absolute Gasteiger partial charge is 0.493 e. The zero-order valence-electron chi connectivity index (χ0n) is 18.0. The van der Waals surface area contributed by atoms with Crippen LogP contribution in [0.15, 0.2) is 22.7 Å². The number of methoxy groups -OCH3 is 2. The Hall–Kier alpha value is -2.94. The van der Waals surface area contributed by atoms with E-state index in [1.807, 2.05) is 45.9 Å². The SMILES string of the molecule is COc1ccc(-c2nc(NC(=O)CCc3nc(C(C)(C)C)no3)sc2C)cc1OC. The number of rotatable bonds is 7. The van der Waals surface area contributed by atoms with Crippen LogP contribution in [0.3, 0.4) is 0 Å². The summed E-state index contributed by atoms with van der Waals surface area (Å²) in [6, 6.07) is 5.62. The minimum absolute atomic E-state index is 0.155. The Kier molecular flexibility index (Phi) is 6.40. The van der Waals surface area contributed by atoms with Gasteiger partial charge in [-0.25, -0.2) is 4.98 Å². The molecule has 0 spiro atoms. The zero-order valence-corrected chi connectivity index (χ0v) is 18.8. The predicted octanol–water partition coefficient (Wildman–Crippen LogP) is 4.39. The second kappa shape index (κ2) is 8.83. The summed E-state index contributed by atoms with van der Waals surface area (Å²) in [5, 5.41) is 7.38. The van der Waals surface area contributed by atoms with Gasteiger partial charge in [0.2, 0.25) is 11.8 Å². The van der Waals surface area contributed by atoms with Gasteiger partial charge in [-0.3, -0.25) is 4.79 Å². The van der Waals surface area contributed by atoms with Crippen LogP contribution in [0.5, 0.6) is 11.5 Å². The molecular weight excluding hydrogens is 404 g/mol. The lowest BCUT2D eigenvalue weighted by molar-refractivity contribution is -0.116. The van der Waals surface area contributed by atoms with E-state index in [2.05, 4.69) is 20.4 Å². The third-order valence-corrected chi connectivity index (χ3v) is 5.29. The van der Waals surface area contributed by atoms with Gasteiger partial charge in [0.1, 0.15) is 0 Å². The molecule has 3 rings (SSSR count). The van der Waals surface area contributed by atoms with Gasteiger partial charge in [0.25, 0.3) is 0 Å². The van der Waals surface area contributed by atoms with E-state index in [-0.39, 0.29) is 17.7 Å². The number of nitrogens with zero attached hydrogens (tertiary/aromatic N) is 3. The Morgan fingerprint density at radius 2 is 1.90 bits per heavy atom. The summed E-state index contributed by atoms with van der Waals surface area (Å²) in [5.41, 5.74) is 1.49. The van der Waals surface area contributed by atoms with E-state index in [4.69, 9.17) is 14.0 Å². The lowest BCUT2D eigenvalue weighted by atomic mass is 9.96. The van der Waals surface area contributed by atoms with Gasteiger partial charge in [-0.05, 0) is 25.1 Å². The normalized spacial score (nSPS) is 11.4. The molecule has 0 aliphatic carbocycles. The van der Waals surface area contributed by atoms with Crippen LogP contribution < -0.4 is 14.8 Å². The molecule has 1 aromatic carbocycles. The van der Waals surface area contributed by atoms with E-state index < -0.39 is 0 Å². The molecule has 0 atom stereocenters. The van der Waals surface area contributed by atoms with Crippen LogP contribution in [0.2, 0.25) is 0 Å². The molecule has 0 saturated heterocycles. The van der Waals surface area contributed by atoms with Gasteiger partial charge >= 0.3 is 0 Å². The monoisotopic (exact) mass is 430 g/mol. The first kappa shape index (κ1) is 21.8. The van der Waals surface area contributed by atoms with Crippen molar-refractivity contribution in [1.82, 2.24) is 15.1 Å². The van der Waals surface area contributed by atoms with Crippen LogP contribution in [-0.2, 0) is 16.6 Å². The topological polar surface area (TPSA) is 99.4 Å². The number of aromatic nitrogens is 3. The molecule has 2 heterocycles. The van der Waals surface area contributed by atoms with Gasteiger partial charge in [0.05, 0.1) is 19.9 Å². The van der Waals surface area contributed by atoms with Crippen molar-refractivity contribution >= 4 is 22.4 Å². The number of carbonyl (C=O) groups excluding carboxylic acids is 1. The molecule has 1 N–H and O–H groups in total. The van der Waals surface area contributed by atoms with Gasteiger partial charge in [0.15, 0.2) is 22.5 Å². The number of nitrogens with one attached hydrogen (secondary N) is 1. The average Bonchev–Trinajstić information content (AvgIpc) is 3.32. The Morgan fingerprint density at radius 3 is 2.53 bits per heavy atom. The van der Waals surface area contributed by atoms with Crippen LogP contribution in [-0.4, -0.2) is 35.3 Å². The van der Waals surface area contributed by atoms with Gasteiger partial charge in [-0.15, -0.1) is 11.3 Å². The summed E-state index contributed by atoms with van der Waals surface area (Å²) >= 11 is 1.42. The maximum Gasteiger partial charge on any atom is 0.227 e. The molecule has 0 aliphatic heterocycles. The van der Waals surface area contributed by atoms with Crippen molar-refractivity contribution < 1.29 is 18.8 Å². The quantitative estimate of drug-likeness (QED) is 0.593. The first-order valence-electron chi connectivity index (χ1n) is 9.54. The molecule has 0 aliphatic rings. The molecule has 0 fully saturated rings. The number of ether oxygens (including phenoxy) is 2. The fourth-order valence-corrected chi connectivity index (χ4v) is 3.62. The molecule has 8 nitrogen and oxygen atoms in total. The van der Waals surface area contributed by atoms with E-state index in [0.717, 1.165) is 16.1 Å². The number of hydrogen-bond donors (Lipinski definition) is 1. The molecule has 2 aromatic heterocycles. The van der Waals surface area contributed by atoms with E-state index >= 15 is 0 Å². The van der Waals surface area contributed by atoms with Crippen LogP contribution in [0.1, 0.15) is 43.8 Å². The molecule has 3 aromatic rings. The van der Waals surface area contributed by atoms with E-state index in [0.29, 0.717) is 34.8 Å². The molecule has 30 heavy (non-hydrogen) atoms. The zero-order chi connectivity index (χ0) is 21.9. The van der Waals surface area contributed by atoms with Gasteiger partial charge < -0.3 is 19.3 Å². The predicted molar refractivity (Wildman–Crippen MR) is 115 cm³/mol. The third-order valence-electron chi connectivity index (χ3n) is 4.40. The maximum atomic E-state index is 12.4. The summed E-state index contributed by atoms with van der Waals surface area (Å²) < 4.78 is 15.9. The third kappa shape index (κ3) is 4.96. The van der Waals surface area contributed by atoms with Crippen molar-refractivity contribution in [3.8, 4) is 22.8 Å². The van der Waals surface area contributed by atoms with Crippen LogP contribution >= 0.6 is 11.3 Å². The Morgan fingerprint density at radius 1 is 1.17 bits per heavy atom. The van der Waals surface area contributed by atoms with Crippen molar-refractivity contribution in [2.24, 2.45) is 0 Å². The van der Waals surface area contributed by atoms with Crippen molar-refractivity contribution in [3.63, 3.8) is 0 Å². The van der Waals surface area contributed by atoms with Crippen molar-refractivity contribution in [3.05, 3.63) is 34.8 Å². The Bertz CT molecular complexity index is 1040. The van der Waals surface area contributed by atoms with Gasteiger partial charge in [-0.2, -0.15) is 4.98 Å². The highest BCUT2D eigenvalue weighted by atomic mass is 32.1. The highest BCUT2D eigenvalue weighted by Crippen LogP contribution is 2.36. The van der Waals surface area contributed by atoms with Crippen molar-refractivity contribution in [2.45, 2.75) is 46.0 Å². The van der Waals surface area contributed by atoms with Crippen LogP contribution in [0.25, 0.3) is 11.3 Å². The fourth-order valence-electron chi connectivity index (χ4n) is 2.76. The number of thiazole rings is 1. The number of anilines is 1. The molecular formula is C21H26N4O4S. The highest BCUT2D eigenvalue weighted by Gasteiger charge is 2.21. The second-order valence-electron chi connectivity index (χ2n) is 7.80. The van der Waals surface area contributed by atoms with Gasteiger partial charge in [0, 0.05) is 28.7 Å². The summed E-state index contributed by atoms with van der Waals surface area (Å²) in [4.78, 5) is 22.3. The standard InChI is InChI=1S/C21H26N4O4S/c1-12-18(13-7-8-14(27-5)15(11-13)28-6)24-20(30-12)22-16(26)9-10-17-23-19(25-29-17)21(2,3)4/h7-8,11H,9-10H2,1-6H3,(H,22,24,26). The van der Waals surface area contributed by atoms with Crippen LogP contribution in [0.4, 0.5) is 5.13 Å². The van der Waals surface area contributed by atoms with Gasteiger partial charge in [-0.1, -0.05) is 25.9 Å². The first-order valence-corrected chi connectivity index (χ1v) is 10.4. The molecule has 0 bridgehead atoms. The fraction of sp³-hybridized carbons (Fsp3) is 0.429. The minimum atomic E-state index is -0.192. The summed E-state index contributed by atoms with van der Waals surface area (Å²) in [6.45, 7) is 7.99. The molecule has 0 unspecified atom stereocenters. The average molecular weight is 431 g/mol. The molecule has 0 radical (unpaired) electrons. The smallest absolute Gasteiger partial charge is 0.227 e. The van der Waals surface area contributed by atoms with Crippen molar-refractivity contribution in [1.29, 1.82) is 0 Å². The van der Waals surface area contributed by atoms with Crippen LogP contribution in [0, 0.1) is 6.92 Å². The van der Waals surface area contributed by atoms with Crippen molar-refractivity contribution in [2.75, 3.05) is 19.5 Å². The first-order chi connectivity index (χ1) is 14.2. The van der Waals surface area contributed by atoms with E-state index in [1.165, 1.54) is 11.3 Å². The number of hydrogen-bond acceptors (Lipinski definition) is 8. The summed E-state index contributed by atoms with van der Waals surface area (Å²) in [6.07, 6.45) is 0.609. The lowest BCUT2D eigenvalue weighted by Crippen LogP contribution is -2.14. The number of carbonyl (C=O) groups is 1. The molecule has 9 heteroatoms. The lowest BCUT2D eigenvalue weighted by Gasteiger charge is -2.10. The Balaban J connectivity index is 1.65. The summed E-state index contributed by atoms with van der Waals surface area (Å²) in [7, 11) is 3.19. The molecule has 160 valence electrons. The maximum absolute atomic E-state index is 12.4. The number of benzene rings is 1. The molecule has 1 amide bonds. The number of amides is 1. The summed E-state index contributed by atoms with van der Waals surface area (Å²) in [5.74, 6) is 2.21. The van der Waals surface area contributed by atoms with E-state index in [9.17, 15) is 4.79 Å².